The molecule has 0 heterocycles. The zero-order valence-corrected chi connectivity index (χ0v) is 36.4. The van der Waals surface area contributed by atoms with Gasteiger partial charge in [0.2, 0.25) is 0 Å². The maximum Gasteiger partial charge on any atom is 0.472 e. The lowest BCUT2D eigenvalue weighted by Crippen LogP contribution is -2.29. The molecule has 13 nitrogen and oxygen atoms in total. The predicted molar refractivity (Wildman–Crippen MR) is 225 cm³/mol. The van der Waals surface area contributed by atoms with Gasteiger partial charge in [-0.1, -0.05) is 121 Å². The number of unbranched alkanes of at least 4 members (excludes halogenated alkanes) is 14. The molecule has 0 aromatic heterocycles. The van der Waals surface area contributed by atoms with Gasteiger partial charge in [0.15, 0.2) is 6.10 Å². The van der Waals surface area contributed by atoms with E-state index in [1.54, 1.807) is 12.2 Å². The third-order valence-electron chi connectivity index (χ3n) is 10.1. The summed E-state index contributed by atoms with van der Waals surface area (Å²) in [6.45, 7) is 1.95. The van der Waals surface area contributed by atoms with Crippen molar-refractivity contribution in [3.63, 3.8) is 0 Å². The first-order chi connectivity index (χ1) is 27.9. The second-order valence-corrected chi connectivity index (χ2v) is 17.0. The Morgan fingerprint density at radius 3 is 2.00 bits per heavy atom. The van der Waals surface area contributed by atoms with Gasteiger partial charge in [-0.15, -0.1) is 0 Å². The van der Waals surface area contributed by atoms with Crippen LogP contribution in [0.2, 0.25) is 0 Å². The molecule has 5 N–H and O–H groups in total. The molecule has 58 heavy (non-hydrogen) atoms. The number of aliphatic hydroxyl groups is 4. The molecule has 1 rings (SSSR count). The molecule has 336 valence electrons. The van der Waals surface area contributed by atoms with E-state index >= 15 is 0 Å². The number of allylic oxidation sites excluding steroid dienone is 5. The quantitative estimate of drug-likeness (QED) is 0.0174. The van der Waals surface area contributed by atoms with Crippen molar-refractivity contribution in [2.24, 2.45) is 11.8 Å². The van der Waals surface area contributed by atoms with Gasteiger partial charge in [-0.25, -0.2) is 4.57 Å². The Bertz CT molecular complexity index is 1220. The van der Waals surface area contributed by atoms with Crippen LogP contribution >= 0.6 is 7.82 Å². The van der Waals surface area contributed by atoms with Gasteiger partial charge in [0, 0.05) is 31.1 Å². The Morgan fingerprint density at radius 1 is 0.759 bits per heavy atom. The van der Waals surface area contributed by atoms with Gasteiger partial charge in [-0.05, 0) is 57.8 Å². The number of ether oxygens (including phenoxy) is 2. The average molecular weight is 845 g/mol. The molecule has 0 saturated heterocycles. The van der Waals surface area contributed by atoms with Crippen molar-refractivity contribution in [1.82, 2.24) is 0 Å². The first kappa shape index (κ1) is 53.8. The number of esters is 2. The van der Waals surface area contributed by atoms with Crippen LogP contribution in [0.15, 0.2) is 36.5 Å². The number of ketones is 1. The summed E-state index contributed by atoms with van der Waals surface area (Å²) in [4.78, 5) is 47.7. The first-order valence-corrected chi connectivity index (χ1v) is 23.5. The van der Waals surface area contributed by atoms with Crippen LogP contribution in [0.5, 0.6) is 0 Å². The van der Waals surface area contributed by atoms with E-state index < -0.39 is 76.5 Å². The lowest BCUT2D eigenvalue weighted by molar-refractivity contribution is -0.161. The maximum absolute atomic E-state index is 12.6. The highest BCUT2D eigenvalue weighted by atomic mass is 31.2. The normalized spacial score (nSPS) is 19.9. The molecule has 14 heteroatoms. The second kappa shape index (κ2) is 34.5. The highest BCUT2D eigenvalue weighted by molar-refractivity contribution is 7.47. The average Bonchev–Trinajstić information content (AvgIpc) is 3.47. The van der Waals surface area contributed by atoms with E-state index in [-0.39, 0.29) is 31.0 Å². The summed E-state index contributed by atoms with van der Waals surface area (Å²) < 4.78 is 32.7. The van der Waals surface area contributed by atoms with E-state index in [2.05, 4.69) is 30.5 Å². The van der Waals surface area contributed by atoms with Crippen LogP contribution in [0.1, 0.15) is 162 Å². The lowest BCUT2D eigenvalue weighted by atomic mass is 9.90. The third kappa shape index (κ3) is 28.3. The summed E-state index contributed by atoms with van der Waals surface area (Å²) in [6.07, 6.45) is 27.6. The van der Waals surface area contributed by atoms with Crippen molar-refractivity contribution in [2.45, 2.75) is 186 Å². The molecular formula is C44H77O13P. The van der Waals surface area contributed by atoms with Crippen molar-refractivity contribution >= 4 is 25.5 Å². The van der Waals surface area contributed by atoms with Crippen molar-refractivity contribution in [2.75, 3.05) is 26.4 Å². The van der Waals surface area contributed by atoms with Crippen LogP contribution in [0.25, 0.3) is 0 Å². The molecular weight excluding hydrogens is 767 g/mol. The molecule has 0 aliphatic heterocycles. The Morgan fingerprint density at radius 2 is 1.33 bits per heavy atom. The summed E-state index contributed by atoms with van der Waals surface area (Å²) in [5.74, 6) is -1.91. The number of carbonyl (C=O) groups excluding carboxylic acids is 3. The number of Topliss-reactive ketones (excluding diaryl/α,β-unsaturated/α-hetero) is 1. The summed E-state index contributed by atoms with van der Waals surface area (Å²) in [5.41, 5.74) is 0. The summed E-state index contributed by atoms with van der Waals surface area (Å²) >= 11 is 0. The third-order valence-corrected chi connectivity index (χ3v) is 11.1. The van der Waals surface area contributed by atoms with Crippen LogP contribution in [0.3, 0.4) is 0 Å². The van der Waals surface area contributed by atoms with Crippen LogP contribution in [0.4, 0.5) is 0 Å². The number of hydrogen-bond donors (Lipinski definition) is 5. The minimum atomic E-state index is -4.68. The van der Waals surface area contributed by atoms with Gasteiger partial charge in [-0.2, -0.15) is 0 Å². The van der Waals surface area contributed by atoms with Gasteiger partial charge in [-0.3, -0.25) is 23.4 Å². The van der Waals surface area contributed by atoms with Gasteiger partial charge < -0.3 is 34.8 Å². The van der Waals surface area contributed by atoms with E-state index in [4.69, 9.17) is 19.1 Å². The Balaban J connectivity index is 2.47. The number of carbonyl (C=O) groups is 3. The fourth-order valence-corrected chi connectivity index (χ4v) is 7.40. The summed E-state index contributed by atoms with van der Waals surface area (Å²) in [6, 6.07) is 0. The number of hydrogen-bond acceptors (Lipinski definition) is 12. The molecule has 1 aliphatic rings. The minimum Gasteiger partial charge on any atom is -0.462 e. The molecule has 0 bridgehead atoms. The largest absolute Gasteiger partial charge is 0.472 e. The lowest BCUT2D eigenvalue weighted by Gasteiger charge is -2.20. The Kier molecular flexibility index (Phi) is 32.0. The van der Waals surface area contributed by atoms with E-state index in [0.29, 0.717) is 32.1 Å². The zero-order chi connectivity index (χ0) is 42.9. The number of phosphoric ester groups is 1. The molecule has 0 aromatic rings. The zero-order valence-electron chi connectivity index (χ0n) is 35.5. The van der Waals surface area contributed by atoms with E-state index in [1.807, 2.05) is 12.2 Å². The van der Waals surface area contributed by atoms with Crippen molar-refractivity contribution in [3.05, 3.63) is 36.5 Å². The summed E-state index contributed by atoms with van der Waals surface area (Å²) in [7, 11) is -4.68. The summed E-state index contributed by atoms with van der Waals surface area (Å²) in [5, 5.41) is 39.1. The molecule has 0 radical (unpaired) electrons. The van der Waals surface area contributed by atoms with Crippen molar-refractivity contribution < 1.29 is 62.8 Å². The van der Waals surface area contributed by atoms with Crippen LogP contribution in [-0.4, -0.2) is 93.9 Å². The highest BCUT2D eigenvalue weighted by Gasteiger charge is 2.39. The monoisotopic (exact) mass is 845 g/mol. The fourth-order valence-electron chi connectivity index (χ4n) is 6.62. The minimum absolute atomic E-state index is 0.0433. The molecule has 0 amide bonds. The van der Waals surface area contributed by atoms with Crippen molar-refractivity contribution in [3.8, 4) is 0 Å². The smallest absolute Gasteiger partial charge is 0.462 e. The topological polar surface area (TPSA) is 206 Å². The van der Waals surface area contributed by atoms with Gasteiger partial charge in [0.05, 0.1) is 32.0 Å². The molecule has 1 unspecified atom stereocenters. The van der Waals surface area contributed by atoms with Crippen LogP contribution < -0.4 is 0 Å². The van der Waals surface area contributed by atoms with E-state index in [0.717, 1.165) is 51.4 Å². The standard InChI is InChI=1S/C44H77O13P/c1-3-5-7-8-9-10-11-12-13-14-15-16-17-18-24-28-44(51)57-38(35-56-58(52,53)55-33-37(47)32-45)34-54-43(50)27-23-20-19-22-26-39-40(42(49)31-41(39)48)30-29-36(46)25-21-6-4-2/h10-11,19,22,29-30,36-41,45-48H,3-9,12-18,20-21,23-28,31-35H2,1-2H3,(H,52,53)/b11-10-,22-19-,30-29+/t36-,37-,38+,39+,40+,41-/m0/s1. The van der Waals surface area contributed by atoms with Crippen molar-refractivity contribution in [1.29, 1.82) is 0 Å². The predicted octanol–water partition coefficient (Wildman–Crippen LogP) is 8.15. The molecule has 1 fully saturated rings. The number of aliphatic hydroxyl groups excluding tert-OH is 4. The van der Waals surface area contributed by atoms with Crippen LogP contribution in [-0.2, 0) is 37.5 Å². The second-order valence-electron chi connectivity index (χ2n) is 15.5. The van der Waals surface area contributed by atoms with Gasteiger partial charge in [0.25, 0.3) is 0 Å². The van der Waals surface area contributed by atoms with E-state index in [9.17, 15) is 39.2 Å². The maximum atomic E-state index is 12.6. The molecule has 0 spiro atoms. The first-order valence-electron chi connectivity index (χ1n) is 22.0. The SMILES string of the molecule is CCCCCC/C=C\CCCCCCCCCC(=O)O[C@H](COC(=O)CCC/C=C\C[C@H]1[C@@H](O)CC(=O)[C@@H]1/C=C/[C@@H](O)CCCCC)COP(=O)(O)OC[C@@H](O)CO. The number of rotatable bonds is 37. The molecule has 1 saturated carbocycles. The van der Waals surface area contributed by atoms with Gasteiger partial charge in [0.1, 0.15) is 18.5 Å². The molecule has 1 aliphatic carbocycles. The molecule has 7 atom stereocenters. The Hall–Kier alpha value is -2.22. The van der Waals surface area contributed by atoms with Crippen LogP contribution in [0, 0.1) is 11.8 Å². The number of phosphoric acid groups is 1. The fraction of sp³-hybridized carbons (Fsp3) is 0.795. The van der Waals surface area contributed by atoms with Gasteiger partial charge >= 0.3 is 19.8 Å². The Labute approximate surface area is 348 Å². The highest BCUT2D eigenvalue weighted by Crippen LogP contribution is 2.43. The molecule has 0 aromatic carbocycles. The van der Waals surface area contributed by atoms with E-state index in [1.165, 1.54) is 44.9 Å².